The maximum Gasteiger partial charge on any atom is 0.176 e. The summed E-state index contributed by atoms with van der Waals surface area (Å²) in [7, 11) is -3.22. The summed E-state index contributed by atoms with van der Waals surface area (Å²) in [6.07, 6.45) is 1.13. The lowest BCUT2D eigenvalue weighted by atomic mass is 10.2. The molecule has 0 bridgehead atoms. The molecule has 0 N–H and O–H groups in total. The Morgan fingerprint density at radius 2 is 2.08 bits per heavy atom. The number of nitrogens with zero attached hydrogens (tertiary/aromatic N) is 1. The van der Waals surface area contributed by atoms with Crippen LogP contribution in [0.2, 0.25) is 0 Å². The molecule has 0 atom stereocenters. The van der Waals surface area contributed by atoms with E-state index in [-0.39, 0.29) is 4.90 Å². The zero-order valence-electron chi connectivity index (χ0n) is 6.78. The summed E-state index contributed by atoms with van der Waals surface area (Å²) in [6.45, 7) is 0. The molecule has 0 aliphatic rings. The van der Waals surface area contributed by atoms with Gasteiger partial charge in [-0.05, 0) is 40.8 Å². The molecule has 1 aromatic carbocycles. The number of hydrogen-bond donors (Lipinski definition) is 0. The van der Waals surface area contributed by atoms with Gasteiger partial charge in [-0.15, -0.1) is 0 Å². The van der Waals surface area contributed by atoms with Gasteiger partial charge in [0.25, 0.3) is 0 Å². The minimum atomic E-state index is -3.22. The Bertz CT molecular complexity index is 473. The molecule has 1 rings (SSSR count). The molecule has 1 aromatic rings. The molecular weight excluding hydrogens is 301 g/mol. The Balaban J connectivity index is 3.47. The van der Waals surface area contributed by atoms with Crippen LogP contribution in [0.25, 0.3) is 0 Å². The number of nitriles is 1. The lowest BCUT2D eigenvalue weighted by Gasteiger charge is -2.01. The highest BCUT2D eigenvalue weighted by Crippen LogP contribution is 2.18. The van der Waals surface area contributed by atoms with Crippen molar-refractivity contribution in [3.8, 4) is 6.07 Å². The molecule has 0 fully saturated rings. The highest BCUT2D eigenvalue weighted by atomic mass is 127. The number of benzene rings is 1. The third-order valence-corrected chi connectivity index (χ3v) is 3.90. The van der Waals surface area contributed by atoms with Gasteiger partial charge in [-0.25, -0.2) is 8.42 Å². The van der Waals surface area contributed by atoms with Crippen LogP contribution in [0.3, 0.4) is 0 Å². The molecule has 0 aliphatic carbocycles. The summed E-state index contributed by atoms with van der Waals surface area (Å²) < 4.78 is 23.1. The van der Waals surface area contributed by atoms with E-state index in [1.54, 1.807) is 12.1 Å². The highest BCUT2D eigenvalue weighted by molar-refractivity contribution is 14.1. The van der Waals surface area contributed by atoms with Crippen molar-refractivity contribution in [1.29, 1.82) is 5.26 Å². The highest BCUT2D eigenvalue weighted by Gasteiger charge is 2.11. The molecule has 0 saturated heterocycles. The van der Waals surface area contributed by atoms with E-state index < -0.39 is 9.84 Å². The van der Waals surface area contributed by atoms with E-state index in [2.05, 4.69) is 0 Å². The summed E-state index contributed by atoms with van der Waals surface area (Å²) in [6, 6.07) is 6.50. The van der Waals surface area contributed by atoms with E-state index in [0.717, 1.165) is 6.26 Å². The first-order valence-corrected chi connectivity index (χ1v) is 6.32. The smallest absolute Gasteiger partial charge is 0.176 e. The number of rotatable bonds is 1. The Morgan fingerprint density at radius 3 is 2.54 bits per heavy atom. The van der Waals surface area contributed by atoms with Crippen LogP contribution in [-0.4, -0.2) is 14.7 Å². The van der Waals surface area contributed by atoms with Gasteiger partial charge in [-0.3, -0.25) is 0 Å². The first-order valence-electron chi connectivity index (χ1n) is 3.35. The van der Waals surface area contributed by atoms with Crippen molar-refractivity contribution in [2.75, 3.05) is 6.26 Å². The third-order valence-electron chi connectivity index (χ3n) is 1.46. The summed E-state index contributed by atoms with van der Waals surface area (Å²) in [5.41, 5.74) is 0.362. The fraction of sp³-hybridized carbons (Fsp3) is 0.125. The first kappa shape index (κ1) is 10.5. The minimum absolute atomic E-state index is 0.215. The van der Waals surface area contributed by atoms with Gasteiger partial charge in [0.1, 0.15) is 0 Å². The maximum absolute atomic E-state index is 11.2. The SMILES string of the molecule is CS(=O)(=O)c1cc(C#N)ccc1I. The van der Waals surface area contributed by atoms with E-state index >= 15 is 0 Å². The van der Waals surface area contributed by atoms with Crippen molar-refractivity contribution in [2.45, 2.75) is 4.90 Å². The van der Waals surface area contributed by atoms with Gasteiger partial charge in [-0.2, -0.15) is 5.26 Å². The van der Waals surface area contributed by atoms with Gasteiger partial charge in [0.15, 0.2) is 9.84 Å². The standard InChI is InChI=1S/C8H6INO2S/c1-13(11,12)8-4-6(5-10)2-3-7(8)9/h2-4H,1H3. The predicted octanol–water partition coefficient (Wildman–Crippen LogP) is 1.57. The summed E-state index contributed by atoms with van der Waals surface area (Å²) in [4.78, 5) is 0.215. The Labute approximate surface area is 90.4 Å². The molecule has 0 unspecified atom stereocenters. The second kappa shape index (κ2) is 3.64. The molecule has 0 aliphatic heterocycles. The van der Waals surface area contributed by atoms with Gasteiger partial charge in [-0.1, -0.05) is 0 Å². The molecule has 13 heavy (non-hydrogen) atoms. The van der Waals surface area contributed by atoms with Gasteiger partial charge >= 0.3 is 0 Å². The number of sulfone groups is 1. The Kier molecular flexibility index (Phi) is 2.93. The fourth-order valence-electron chi connectivity index (χ4n) is 0.857. The second-order valence-corrected chi connectivity index (χ2v) is 5.68. The van der Waals surface area contributed by atoms with E-state index in [9.17, 15) is 8.42 Å². The lowest BCUT2D eigenvalue weighted by Crippen LogP contribution is -2.00. The maximum atomic E-state index is 11.2. The van der Waals surface area contributed by atoms with Crippen LogP contribution in [0, 0.1) is 14.9 Å². The van der Waals surface area contributed by atoms with Crippen LogP contribution in [-0.2, 0) is 9.84 Å². The average Bonchev–Trinajstić information content (AvgIpc) is 2.03. The Morgan fingerprint density at radius 1 is 1.46 bits per heavy atom. The molecule has 0 heterocycles. The van der Waals surface area contributed by atoms with Gasteiger partial charge in [0.05, 0.1) is 16.5 Å². The molecule has 68 valence electrons. The van der Waals surface area contributed by atoms with Gasteiger partial charge in [0.2, 0.25) is 0 Å². The minimum Gasteiger partial charge on any atom is -0.224 e. The van der Waals surface area contributed by atoms with Crippen LogP contribution in [0.4, 0.5) is 0 Å². The predicted molar refractivity (Wildman–Crippen MR) is 57.0 cm³/mol. The molecular formula is C8H6INO2S. The van der Waals surface area contributed by atoms with Crippen LogP contribution in [0.1, 0.15) is 5.56 Å². The van der Waals surface area contributed by atoms with Crippen molar-refractivity contribution in [1.82, 2.24) is 0 Å². The zero-order valence-corrected chi connectivity index (χ0v) is 9.76. The molecule has 0 amide bonds. The average molecular weight is 307 g/mol. The van der Waals surface area contributed by atoms with Gasteiger partial charge in [0, 0.05) is 9.83 Å². The summed E-state index contributed by atoms with van der Waals surface area (Å²) >= 11 is 1.93. The third kappa shape index (κ3) is 2.42. The first-order chi connectivity index (χ1) is 5.95. The van der Waals surface area contributed by atoms with Crippen molar-refractivity contribution in [2.24, 2.45) is 0 Å². The molecule has 0 saturated carbocycles. The topological polar surface area (TPSA) is 57.9 Å². The molecule has 5 heteroatoms. The normalized spacial score (nSPS) is 10.8. The van der Waals surface area contributed by atoms with E-state index in [1.807, 2.05) is 28.7 Å². The van der Waals surface area contributed by atoms with Crippen molar-refractivity contribution in [3.05, 3.63) is 27.3 Å². The molecule has 0 aromatic heterocycles. The molecule has 0 spiro atoms. The summed E-state index contributed by atoms with van der Waals surface area (Å²) in [5, 5.41) is 8.57. The number of halogens is 1. The van der Waals surface area contributed by atoms with E-state index in [4.69, 9.17) is 5.26 Å². The van der Waals surface area contributed by atoms with Crippen molar-refractivity contribution in [3.63, 3.8) is 0 Å². The van der Waals surface area contributed by atoms with Crippen LogP contribution < -0.4 is 0 Å². The van der Waals surface area contributed by atoms with E-state index in [1.165, 1.54) is 6.07 Å². The largest absolute Gasteiger partial charge is 0.224 e. The fourth-order valence-corrected chi connectivity index (χ4v) is 3.16. The van der Waals surface area contributed by atoms with Crippen molar-refractivity contribution >= 4 is 32.4 Å². The van der Waals surface area contributed by atoms with E-state index in [0.29, 0.717) is 9.13 Å². The summed E-state index contributed by atoms with van der Waals surface area (Å²) in [5.74, 6) is 0. The molecule has 3 nitrogen and oxygen atoms in total. The monoisotopic (exact) mass is 307 g/mol. The number of hydrogen-bond acceptors (Lipinski definition) is 3. The van der Waals surface area contributed by atoms with Crippen LogP contribution >= 0.6 is 22.6 Å². The van der Waals surface area contributed by atoms with Crippen LogP contribution in [0.15, 0.2) is 23.1 Å². The van der Waals surface area contributed by atoms with Crippen LogP contribution in [0.5, 0.6) is 0 Å². The zero-order chi connectivity index (χ0) is 10.1. The molecule has 0 radical (unpaired) electrons. The quantitative estimate of drug-likeness (QED) is 0.740. The lowest BCUT2D eigenvalue weighted by molar-refractivity contribution is 0.601. The second-order valence-electron chi connectivity index (χ2n) is 2.53. The van der Waals surface area contributed by atoms with Crippen molar-refractivity contribution < 1.29 is 8.42 Å². The van der Waals surface area contributed by atoms with Gasteiger partial charge < -0.3 is 0 Å². The Hall–Kier alpha value is -0.610.